The fourth-order valence-electron chi connectivity index (χ4n) is 3.76. The molecule has 0 aliphatic carbocycles. The van der Waals surface area contributed by atoms with Crippen molar-refractivity contribution < 1.29 is 33.6 Å². The van der Waals surface area contributed by atoms with Crippen molar-refractivity contribution in [3.8, 4) is 0 Å². The Kier molecular flexibility index (Phi) is 13.2. The molecular formula is C23H37N5O7. The monoisotopic (exact) mass is 495 g/mol. The number of imide groups is 1. The van der Waals surface area contributed by atoms with E-state index in [0.29, 0.717) is 0 Å². The average molecular weight is 496 g/mol. The average Bonchev–Trinajstić information content (AvgIpc) is 3.09. The third-order valence-corrected chi connectivity index (χ3v) is 5.82. The minimum atomic E-state index is -0.586. The van der Waals surface area contributed by atoms with Crippen LogP contribution in [0.3, 0.4) is 0 Å². The summed E-state index contributed by atoms with van der Waals surface area (Å²) in [6.45, 7) is 4.76. The molecule has 1 fully saturated rings. The first-order chi connectivity index (χ1) is 16.6. The summed E-state index contributed by atoms with van der Waals surface area (Å²) in [6.07, 6.45) is 2.41. The summed E-state index contributed by atoms with van der Waals surface area (Å²) in [6, 6.07) is 0. The highest BCUT2D eigenvalue weighted by Crippen LogP contribution is 2.30. The fraction of sp³-hybridized carbons (Fsp3) is 0.696. The van der Waals surface area contributed by atoms with Crippen molar-refractivity contribution in [2.45, 2.75) is 59.3 Å². The van der Waals surface area contributed by atoms with Crippen LogP contribution in [0.5, 0.6) is 0 Å². The first-order valence-corrected chi connectivity index (χ1v) is 12.0. The highest BCUT2D eigenvalue weighted by molar-refractivity contribution is 6.03. The van der Waals surface area contributed by atoms with Crippen LogP contribution in [0.15, 0.2) is 0 Å². The molecule has 0 aromatic heterocycles. The van der Waals surface area contributed by atoms with Gasteiger partial charge in [0.15, 0.2) is 0 Å². The number of carbonyl (C=O) groups is 7. The fourth-order valence-corrected chi connectivity index (χ4v) is 3.76. The van der Waals surface area contributed by atoms with Gasteiger partial charge in [-0.05, 0) is 19.3 Å². The standard InChI is InChI=1S/C23H37N5O7/c1-4-16(5-2)17-11-22(34)28(23(17)35)10-6-7-18(30)25-13-20(32)27-14-21(33)26-12-19(31)24-9-8-15(3)29/h16-17H,4-14H2,1-3H3,(H,24,31)(H,25,30)(H,26,33)(H,27,32). The van der Waals surface area contributed by atoms with E-state index < -0.39 is 23.6 Å². The van der Waals surface area contributed by atoms with Crippen molar-refractivity contribution in [3.05, 3.63) is 0 Å². The Hall–Kier alpha value is -3.31. The minimum absolute atomic E-state index is 0.0409. The zero-order valence-corrected chi connectivity index (χ0v) is 20.7. The number of nitrogens with zero attached hydrogens (tertiary/aromatic N) is 1. The smallest absolute Gasteiger partial charge is 0.239 e. The maximum atomic E-state index is 12.5. The summed E-state index contributed by atoms with van der Waals surface area (Å²) in [5.74, 6) is -2.59. The quantitative estimate of drug-likeness (QED) is 0.199. The molecule has 0 bridgehead atoms. The molecule has 4 N–H and O–H groups in total. The molecule has 12 nitrogen and oxygen atoms in total. The third-order valence-electron chi connectivity index (χ3n) is 5.82. The lowest BCUT2D eigenvalue weighted by Crippen LogP contribution is -2.44. The highest BCUT2D eigenvalue weighted by atomic mass is 16.2. The molecule has 1 unspecified atom stereocenters. The van der Waals surface area contributed by atoms with Gasteiger partial charge in [0.05, 0.1) is 25.6 Å². The van der Waals surface area contributed by atoms with E-state index in [1.54, 1.807) is 0 Å². The summed E-state index contributed by atoms with van der Waals surface area (Å²) in [4.78, 5) is 83.7. The SMILES string of the molecule is CCC(CC)C1CC(=O)N(CCCC(=O)NCC(=O)NCC(=O)NCC(=O)NCCC(C)=O)C1=O. The predicted molar refractivity (Wildman–Crippen MR) is 125 cm³/mol. The van der Waals surface area contributed by atoms with Crippen LogP contribution < -0.4 is 21.3 Å². The molecule has 35 heavy (non-hydrogen) atoms. The van der Waals surface area contributed by atoms with Crippen molar-refractivity contribution in [2.75, 3.05) is 32.7 Å². The summed E-state index contributed by atoms with van der Waals surface area (Å²) in [7, 11) is 0. The number of hydrogen-bond donors (Lipinski definition) is 4. The van der Waals surface area contributed by atoms with Gasteiger partial charge >= 0.3 is 0 Å². The van der Waals surface area contributed by atoms with Gasteiger partial charge in [-0.1, -0.05) is 26.7 Å². The maximum Gasteiger partial charge on any atom is 0.239 e. The molecule has 6 amide bonds. The lowest BCUT2D eigenvalue weighted by Gasteiger charge is -2.19. The Balaban J connectivity index is 2.20. The second-order valence-corrected chi connectivity index (χ2v) is 8.51. The van der Waals surface area contributed by atoms with Gasteiger partial charge in [-0.3, -0.25) is 38.5 Å². The van der Waals surface area contributed by atoms with Crippen molar-refractivity contribution in [3.63, 3.8) is 0 Å². The van der Waals surface area contributed by atoms with Crippen molar-refractivity contribution in [1.29, 1.82) is 0 Å². The van der Waals surface area contributed by atoms with E-state index in [1.807, 2.05) is 13.8 Å². The number of ketones is 1. The largest absolute Gasteiger partial charge is 0.354 e. The lowest BCUT2D eigenvalue weighted by molar-refractivity contribution is -0.140. The van der Waals surface area contributed by atoms with Gasteiger partial charge in [0.25, 0.3) is 0 Å². The van der Waals surface area contributed by atoms with Crippen LogP contribution >= 0.6 is 0 Å². The number of rotatable bonds is 16. The van der Waals surface area contributed by atoms with E-state index in [-0.39, 0.29) is 87.8 Å². The van der Waals surface area contributed by atoms with Crippen molar-refractivity contribution >= 4 is 41.2 Å². The Labute approximate surface area is 205 Å². The second-order valence-electron chi connectivity index (χ2n) is 8.51. The molecule has 1 heterocycles. The first-order valence-electron chi connectivity index (χ1n) is 12.0. The van der Waals surface area contributed by atoms with Gasteiger partial charge in [0.1, 0.15) is 5.78 Å². The van der Waals surface area contributed by atoms with Gasteiger partial charge in [0, 0.05) is 32.4 Å². The Morgan fingerprint density at radius 3 is 1.86 bits per heavy atom. The Morgan fingerprint density at radius 2 is 1.34 bits per heavy atom. The van der Waals surface area contributed by atoms with E-state index in [1.165, 1.54) is 11.8 Å². The molecule has 0 saturated carbocycles. The maximum absolute atomic E-state index is 12.5. The lowest BCUT2D eigenvalue weighted by atomic mass is 9.87. The van der Waals surface area contributed by atoms with E-state index >= 15 is 0 Å². The molecule has 0 radical (unpaired) electrons. The summed E-state index contributed by atoms with van der Waals surface area (Å²) >= 11 is 0. The number of amides is 6. The normalized spacial score (nSPS) is 15.2. The highest BCUT2D eigenvalue weighted by Gasteiger charge is 2.41. The van der Waals surface area contributed by atoms with Crippen LogP contribution in [0.1, 0.15) is 59.3 Å². The molecule has 1 saturated heterocycles. The van der Waals surface area contributed by atoms with Gasteiger partial charge < -0.3 is 21.3 Å². The van der Waals surface area contributed by atoms with E-state index in [0.717, 1.165) is 12.8 Å². The molecule has 0 aromatic carbocycles. The molecule has 1 aliphatic rings. The molecule has 1 aliphatic heterocycles. The zero-order chi connectivity index (χ0) is 26.4. The zero-order valence-electron chi connectivity index (χ0n) is 20.7. The van der Waals surface area contributed by atoms with Crippen LogP contribution in [0.25, 0.3) is 0 Å². The number of hydrogen-bond acceptors (Lipinski definition) is 7. The molecule has 1 atom stereocenters. The van der Waals surface area contributed by atoms with Gasteiger partial charge in [0.2, 0.25) is 35.4 Å². The van der Waals surface area contributed by atoms with Gasteiger partial charge in [-0.15, -0.1) is 0 Å². The van der Waals surface area contributed by atoms with Crippen LogP contribution in [-0.2, 0) is 33.6 Å². The van der Waals surface area contributed by atoms with Crippen LogP contribution in [0.4, 0.5) is 0 Å². The summed E-state index contributed by atoms with van der Waals surface area (Å²) in [5, 5.41) is 9.53. The predicted octanol–water partition coefficient (Wildman–Crippen LogP) is -0.978. The molecule has 0 spiro atoms. The molecule has 196 valence electrons. The molecule has 0 aromatic rings. The van der Waals surface area contributed by atoms with E-state index in [2.05, 4.69) is 21.3 Å². The van der Waals surface area contributed by atoms with Gasteiger partial charge in [-0.25, -0.2) is 0 Å². The van der Waals surface area contributed by atoms with Crippen LogP contribution in [0, 0.1) is 11.8 Å². The summed E-state index contributed by atoms with van der Waals surface area (Å²) in [5.41, 5.74) is 0. The number of Topliss-reactive ketones (excluding diaryl/α,β-unsaturated/α-hetero) is 1. The third kappa shape index (κ3) is 11.1. The second kappa shape index (κ2) is 15.6. The first kappa shape index (κ1) is 29.7. The minimum Gasteiger partial charge on any atom is -0.354 e. The topological polar surface area (TPSA) is 171 Å². The Bertz CT molecular complexity index is 810. The van der Waals surface area contributed by atoms with Crippen LogP contribution in [-0.4, -0.2) is 78.9 Å². The van der Waals surface area contributed by atoms with E-state index in [4.69, 9.17) is 0 Å². The van der Waals surface area contributed by atoms with Gasteiger partial charge in [-0.2, -0.15) is 0 Å². The van der Waals surface area contributed by atoms with Crippen molar-refractivity contribution in [1.82, 2.24) is 26.2 Å². The van der Waals surface area contributed by atoms with Crippen molar-refractivity contribution in [2.24, 2.45) is 11.8 Å². The van der Waals surface area contributed by atoms with Crippen LogP contribution in [0.2, 0.25) is 0 Å². The number of carbonyl (C=O) groups excluding carboxylic acids is 7. The molecular weight excluding hydrogens is 458 g/mol. The number of nitrogens with one attached hydrogen (secondary N) is 4. The molecule has 12 heteroatoms. The number of likely N-dealkylation sites (tertiary alicyclic amines) is 1. The van der Waals surface area contributed by atoms with E-state index in [9.17, 15) is 33.6 Å². The Morgan fingerprint density at radius 1 is 0.829 bits per heavy atom. The molecule has 1 rings (SSSR count). The summed E-state index contributed by atoms with van der Waals surface area (Å²) < 4.78 is 0.